The van der Waals surface area contributed by atoms with Gasteiger partial charge in [-0.2, -0.15) is 0 Å². The van der Waals surface area contributed by atoms with Crippen LogP contribution in [0.4, 0.5) is 4.79 Å². The van der Waals surface area contributed by atoms with Crippen LogP contribution < -0.4 is 5.32 Å². The number of hydrogen-bond donors (Lipinski definition) is 2. The summed E-state index contributed by atoms with van der Waals surface area (Å²) in [4.78, 5) is 23.1. The highest BCUT2D eigenvalue weighted by atomic mass is 16.6. The van der Waals surface area contributed by atoms with Gasteiger partial charge in [0.25, 0.3) is 0 Å². The van der Waals surface area contributed by atoms with Crippen LogP contribution in [0.5, 0.6) is 0 Å². The number of carbonyl (C=O) groups excluding carboxylic acids is 1. The predicted octanol–water partition coefficient (Wildman–Crippen LogP) is 3.04. The van der Waals surface area contributed by atoms with Crippen molar-refractivity contribution in [3.63, 3.8) is 0 Å². The van der Waals surface area contributed by atoms with Crippen molar-refractivity contribution in [2.45, 2.75) is 66.5 Å². The molecular formula is C14H27NO4. The molecule has 1 unspecified atom stereocenters. The number of alkyl carbamates (subject to hydrolysis) is 1. The van der Waals surface area contributed by atoms with Crippen LogP contribution in [0.1, 0.15) is 54.9 Å². The maximum atomic E-state index is 11.8. The molecule has 1 amide bonds. The van der Waals surface area contributed by atoms with E-state index in [2.05, 4.69) is 5.32 Å². The van der Waals surface area contributed by atoms with E-state index < -0.39 is 29.1 Å². The minimum absolute atomic E-state index is 0.276. The fourth-order valence-electron chi connectivity index (χ4n) is 1.60. The third-order valence-electron chi connectivity index (χ3n) is 2.82. The van der Waals surface area contributed by atoms with E-state index in [0.29, 0.717) is 6.42 Å². The van der Waals surface area contributed by atoms with Crippen molar-refractivity contribution in [1.82, 2.24) is 5.32 Å². The molecule has 0 aromatic heterocycles. The normalized spacial score (nSPS) is 14.1. The summed E-state index contributed by atoms with van der Waals surface area (Å²) in [5.74, 6) is -0.659. The predicted molar refractivity (Wildman–Crippen MR) is 74.0 cm³/mol. The van der Waals surface area contributed by atoms with Gasteiger partial charge in [0.15, 0.2) is 0 Å². The number of ether oxygens (including phenoxy) is 1. The Balaban J connectivity index is 4.89. The molecule has 0 fully saturated rings. The van der Waals surface area contributed by atoms with Gasteiger partial charge >= 0.3 is 12.1 Å². The molecule has 0 aliphatic heterocycles. The summed E-state index contributed by atoms with van der Waals surface area (Å²) in [6.07, 6.45) is 0.00548. The van der Waals surface area contributed by atoms with Gasteiger partial charge in [-0.15, -0.1) is 0 Å². The summed E-state index contributed by atoms with van der Waals surface area (Å²) in [5.41, 5.74) is -1.64. The van der Waals surface area contributed by atoms with Crippen molar-refractivity contribution in [2.75, 3.05) is 0 Å². The third kappa shape index (κ3) is 6.45. The van der Waals surface area contributed by atoms with Crippen LogP contribution in [0.25, 0.3) is 0 Å². The zero-order valence-corrected chi connectivity index (χ0v) is 13.0. The highest BCUT2D eigenvalue weighted by Crippen LogP contribution is 2.26. The van der Waals surface area contributed by atoms with Crippen molar-refractivity contribution in [1.29, 1.82) is 0 Å². The summed E-state index contributed by atoms with van der Waals surface area (Å²) in [7, 11) is 0. The SMILES string of the molecule is CC(C)CC(NC(=O)OC(C)(C)C)C(C)(C)C(=O)O. The molecule has 0 aliphatic carbocycles. The van der Waals surface area contributed by atoms with Crippen LogP contribution in [0.2, 0.25) is 0 Å². The lowest BCUT2D eigenvalue weighted by Gasteiger charge is -2.33. The Hall–Kier alpha value is -1.26. The monoisotopic (exact) mass is 273 g/mol. The summed E-state index contributed by atoms with van der Waals surface area (Å²) in [5, 5.41) is 12.0. The lowest BCUT2D eigenvalue weighted by molar-refractivity contribution is -0.148. The second kappa shape index (κ2) is 6.26. The molecule has 0 aromatic rings. The van der Waals surface area contributed by atoms with E-state index in [1.54, 1.807) is 34.6 Å². The Bertz CT molecular complexity index is 329. The highest BCUT2D eigenvalue weighted by molar-refractivity contribution is 5.76. The minimum atomic E-state index is -1.04. The highest BCUT2D eigenvalue weighted by Gasteiger charge is 2.38. The second-order valence-corrected chi connectivity index (χ2v) is 6.86. The molecule has 112 valence electrons. The van der Waals surface area contributed by atoms with Crippen molar-refractivity contribution < 1.29 is 19.4 Å². The molecule has 0 rings (SSSR count). The molecule has 0 saturated heterocycles. The molecule has 0 bridgehead atoms. The van der Waals surface area contributed by atoms with Crippen molar-refractivity contribution in [3.05, 3.63) is 0 Å². The lowest BCUT2D eigenvalue weighted by atomic mass is 9.80. The van der Waals surface area contributed by atoms with Gasteiger partial charge in [-0.25, -0.2) is 4.79 Å². The van der Waals surface area contributed by atoms with Gasteiger partial charge < -0.3 is 15.2 Å². The molecule has 19 heavy (non-hydrogen) atoms. The van der Waals surface area contributed by atoms with Crippen molar-refractivity contribution in [2.24, 2.45) is 11.3 Å². The molecule has 5 nitrogen and oxygen atoms in total. The Labute approximate surface area is 115 Å². The first-order valence-corrected chi connectivity index (χ1v) is 6.59. The van der Waals surface area contributed by atoms with E-state index >= 15 is 0 Å². The van der Waals surface area contributed by atoms with Crippen LogP contribution in [0.15, 0.2) is 0 Å². The molecule has 0 saturated carbocycles. The first-order chi connectivity index (χ1) is 8.36. The standard InChI is InChI=1S/C14H27NO4/c1-9(2)8-10(14(6,7)11(16)17)15-12(18)19-13(3,4)5/h9-10H,8H2,1-7H3,(H,15,18)(H,16,17). The molecule has 0 heterocycles. The fraction of sp³-hybridized carbons (Fsp3) is 0.857. The average molecular weight is 273 g/mol. The summed E-state index contributed by atoms with van der Waals surface area (Å²) < 4.78 is 5.18. The van der Waals surface area contributed by atoms with Crippen LogP contribution in [-0.2, 0) is 9.53 Å². The Morgan fingerprint density at radius 1 is 1.16 bits per heavy atom. The molecule has 0 aromatic carbocycles. The molecular weight excluding hydrogens is 246 g/mol. The van der Waals surface area contributed by atoms with Gasteiger partial charge in [0.05, 0.1) is 5.41 Å². The first kappa shape index (κ1) is 17.7. The van der Waals surface area contributed by atoms with Crippen molar-refractivity contribution >= 4 is 12.1 Å². The Morgan fingerprint density at radius 2 is 1.63 bits per heavy atom. The van der Waals surface area contributed by atoms with E-state index in [4.69, 9.17) is 4.74 Å². The lowest BCUT2D eigenvalue weighted by Crippen LogP contribution is -2.50. The largest absolute Gasteiger partial charge is 0.481 e. The van der Waals surface area contributed by atoms with Crippen LogP contribution in [0.3, 0.4) is 0 Å². The minimum Gasteiger partial charge on any atom is -0.481 e. The van der Waals surface area contributed by atoms with Crippen LogP contribution >= 0.6 is 0 Å². The Morgan fingerprint density at radius 3 is 1.95 bits per heavy atom. The zero-order valence-electron chi connectivity index (χ0n) is 13.0. The maximum Gasteiger partial charge on any atom is 0.407 e. The molecule has 2 N–H and O–H groups in total. The van der Waals surface area contributed by atoms with Gasteiger partial charge in [-0.05, 0) is 47.0 Å². The number of amides is 1. The van der Waals surface area contributed by atoms with E-state index in [1.165, 1.54) is 0 Å². The molecule has 0 aliphatic rings. The summed E-state index contributed by atoms with van der Waals surface area (Å²) >= 11 is 0. The van der Waals surface area contributed by atoms with Gasteiger partial charge in [-0.1, -0.05) is 13.8 Å². The topological polar surface area (TPSA) is 75.6 Å². The number of carbonyl (C=O) groups is 2. The molecule has 0 spiro atoms. The molecule has 0 radical (unpaired) electrons. The van der Waals surface area contributed by atoms with Gasteiger partial charge in [-0.3, -0.25) is 4.79 Å². The number of hydrogen-bond acceptors (Lipinski definition) is 3. The zero-order chi connectivity index (χ0) is 15.4. The van der Waals surface area contributed by atoms with E-state index in [1.807, 2.05) is 13.8 Å². The number of nitrogens with one attached hydrogen (secondary N) is 1. The molecule has 5 heteroatoms. The van der Waals surface area contributed by atoms with E-state index in [0.717, 1.165) is 0 Å². The van der Waals surface area contributed by atoms with Gasteiger partial charge in [0, 0.05) is 6.04 Å². The Kier molecular flexibility index (Phi) is 5.84. The number of aliphatic carboxylic acids is 1. The number of carboxylic acids is 1. The van der Waals surface area contributed by atoms with Crippen LogP contribution in [0, 0.1) is 11.3 Å². The smallest absolute Gasteiger partial charge is 0.407 e. The third-order valence-corrected chi connectivity index (χ3v) is 2.82. The van der Waals surface area contributed by atoms with Crippen LogP contribution in [-0.4, -0.2) is 28.8 Å². The molecule has 1 atom stereocenters. The number of carboxylic acid groups (broad SMARTS) is 1. The second-order valence-electron chi connectivity index (χ2n) is 6.86. The first-order valence-electron chi connectivity index (χ1n) is 6.59. The average Bonchev–Trinajstić information content (AvgIpc) is 2.12. The van der Waals surface area contributed by atoms with Gasteiger partial charge in [0.1, 0.15) is 5.60 Å². The van der Waals surface area contributed by atoms with Crippen molar-refractivity contribution in [3.8, 4) is 0 Å². The van der Waals surface area contributed by atoms with Gasteiger partial charge in [0.2, 0.25) is 0 Å². The maximum absolute atomic E-state index is 11.8. The van der Waals surface area contributed by atoms with E-state index in [-0.39, 0.29) is 5.92 Å². The van der Waals surface area contributed by atoms with E-state index in [9.17, 15) is 14.7 Å². The quantitative estimate of drug-likeness (QED) is 0.807. The fourth-order valence-corrected chi connectivity index (χ4v) is 1.60. The summed E-state index contributed by atoms with van der Waals surface area (Å²) in [6, 6.07) is -0.472. The number of rotatable bonds is 5. The summed E-state index contributed by atoms with van der Waals surface area (Å²) in [6.45, 7) is 12.5.